The van der Waals surface area contributed by atoms with Gasteiger partial charge in [0.05, 0.1) is 17.0 Å². The summed E-state index contributed by atoms with van der Waals surface area (Å²) in [5.74, 6) is 0.652. The third-order valence-electron chi connectivity index (χ3n) is 8.05. The van der Waals surface area contributed by atoms with E-state index in [2.05, 4.69) is 31.5 Å². The highest BCUT2D eigenvalue weighted by Crippen LogP contribution is 2.37. The van der Waals surface area contributed by atoms with Crippen LogP contribution in [0.2, 0.25) is 0 Å². The second kappa shape index (κ2) is 10.6. The fourth-order valence-electron chi connectivity index (χ4n) is 5.79. The predicted octanol–water partition coefficient (Wildman–Crippen LogP) is 4.30. The van der Waals surface area contributed by atoms with Crippen LogP contribution in [0.15, 0.2) is 54.9 Å². The van der Waals surface area contributed by atoms with Gasteiger partial charge in [0.25, 0.3) is 0 Å². The zero-order valence-electron chi connectivity index (χ0n) is 22.0. The van der Waals surface area contributed by atoms with Gasteiger partial charge in [-0.1, -0.05) is 0 Å². The monoisotopic (exact) mass is 527 g/mol. The van der Waals surface area contributed by atoms with Gasteiger partial charge >= 0.3 is 5.97 Å². The van der Waals surface area contributed by atoms with Crippen molar-refractivity contribution in [1.29, 1.82) is 0 Å². The minimum atomic E-state index is -0.969. The smallest absolute Gasteiger partial charge is 0.335 e. The fraction of sp³-hybridized carbons (Fsp3) is 0.379. The first-order valence-electron chi connectivity index (χ1n) is 13.5. The molecular formula is C29H33N7O3. The number of nitrogens with zero attached hydrogens (tertiary/aromatic N) is 6. The Morgan fingerprint density at radius 3 is 2.15 bits per heavy atom. The summed E-state index contributed by atoms with van der Waals surface area (Å²) < 4.78 is 7.97. The quantitative estimate of drug-likeness (QED) is 0.378. The van der Waals surface area contributed by atoms with Gasteiger partial charge in [0.2, 0.25) is 0 Å². The number of hydrogen-bond donors (Lipinski definition) is 2. The van der Waals surface area contributed by atoms with Gasteiger partial charge in [0.15, 0.2) is 5.65 Å². The maximum absolute atomic E-state index is 11.1. The molecule has 1 aliphatic heterocycles. The van der Waals surface area contributed by atoms with E-state index in [-0.39, 0.29) is 11.6 Å². The molecule has 2 aromatic heterocycles. The number of carboxylic acids is 1. The van der Waals surface area contributed by atoms with Crippen molar-refractivity contribution in [2.45, 2.75) is 37.8 Å². The minimum Gasteiger partial charge on any atom is -0.478 e. The topological polar surface area (TPSA) is 123 Å². The predicted molar refractivity (Wildman–Crippen MR) is 149 cm³/mol. The Labute approximate surface area is 227 Å². The average molecular weight is 528 g/mol. The Morgan fingerprint density at radius 2 is 1.51 bits per heavy atom. The number of carbonyl (C=O) groups is 1. The number of piperazine rings is 1. The van der Waals surface area contributed by atoms with Crippen LogP contribution in [0, 0.1) is 0 Å². The summed E-state index contributed by atoms with van der Waals surface area (Å²) in [5, 5.41) is 14.9. The van der Waals surface area contributed by atoms with E-state index < -0.39 is 5.97 Å². The summed E-state index contributed by atoms with van der Waals surface area (Å²) in [6.45, 7) is 4.59. The molecule has 2 aliphatic rings. The number of carboxylic acid groups (broad SMARTS) is 1. The van der Waals surface area contributed by atoms with Crippen LogP contribution in [0.25, 0.3) is 22.3 Å². The first-order chi connectivity index (χ1) is 19.0. The first kappa shape index (κ1) is 25.3. The van der Waals surface area contributed by atoms with Crippen molar-refractivity contribution >= 4 is 22.8 Å². The molecule has 6 rings (SSSR count). The third-order valence-corrected chi connectivity index (χ3v) is 8.05. The summed E-state index contributed by atoms with van der Waals surface area (Å²) >= 11 is 0. The summed E-state index contributed by atoms with van der Waals surface area (Å²) in [6, 6.07) is 14.9. The molecule has 0 spiro atoms. The molecule has 39 heavy (non-hydrogen) atoms. The summed E-state index contributed by atoms with van der Waals surface area (Å²) in [6.07, 6.45) is 5.95. The van der Waals surface area contributed by atoms with Crippen LogP contribution in [0.1, 0.15) is 42.1 Å². The minimum absolute atomic E-state index is 0.216. The van der Waals surface area contributed by atoms with Crippen molar-refractivity contribution in [3.8, 4) is 22.8 Å². The number of hydrogen-bond acceptors (Lipinski definition) is 8. The Bertz CT molecular complexity index is 1450. The molecule has 3 N–H and O–H groups in total. The average Bonchev–Trinajstić information content (AvgIpc) is 3.35. The lowest BCUT2D eigenvalue weighted by molar-refractivity contribution is 0.0697. The van der Waals surface area contributed by atoms with Crippen LogP contribution in [0.5, 0.6) is 11.5 Å². The normalized spacial score (nSPS) is 20.7. The molecular weight excluding hydrogens is 494 g/mol. The molecule has 0 unspecified atom stereocenters. The second-order valence-corrected chi connectivity index (χ2v) is 10.5. The van der Waals surface area contributed by atoms with Gasteiger partial charge in [-0.3, -0.25) is 4.90 Å². The Hall–Kier alpha value is -4.02. The Kier molecular flexibility index (Phi) is 6.88. The van der Waals surface area contributed by atoms with E-state index in [1.807, 2.05) is 24.3 Å². The van der Waals surface area contributed by atoms with Crippen molar-refractivity contribution in [2.75, 3.05) is 39.0 Å². The molecule has 2 fully saturated rings. The second-order valence-electron chi connectivity index (χ2n) is 10.5. The van der Waals surface area contributed by atoms with Crippen molar-refractivity contribution < 1.29 is 14.6 Å². The van der Waals surface area contributed by atoms with Gasteiger partial charge in [-0.2, -0.15) is 5.10 Å². The van der Waals surface area contributed by atoms with Crippen LogP contribution in [-0.4, -0.2) is 79.9 Å². The van der Waals surface area contributed by atoms with Gasteiger partial charge in [-0.05, 0) is 81.3 Å². The van der Waals surface area contributed by atoms with E-state index >= 15 is 0 Å². The molecule has 1 aliphatic carbocycles. The van der Waals surface area contributed by atoms with Gasteiger partial charge < -0.3 is 20.5 Å². The Balaban J connectivity index is 1.21. The van der Waals surface area contributed by atoms with E-state index in [1.165, 1.54) is 18.5 Å². The molecule has 0 bridgehead atoms. The molecule has 10 heteroatoms. The van der Waals surface area contributed by atoms with E-state index in [4.69, 9.17) is 20.7 Å². The fourth-order valence-corrected chi connectivity index (χ4v) is 5.79. The standard InChI is InChI=1S/C29H33N7O3/c1-34-14-16-35(17-15-34)21-6-8-22(9-7-21)36-28-25(27(30)31-18-32-28)26(33-36)19-2-10-23(11-3-19)39-24-12-4-20(5-13-24)29(37)38/h2-5,10-13,18,21-22H,6-9,14-17H2,1H3,(H,37,38)(H2,30,31,32)/t21-,22+. The molecule has 0 radical (unpaired) electrons. The van der Waals surface area contributed by atoms with E-state index in [0.29, 0.717) is 23.4 Å². The number of aromatic carboxylic acids is 1. The summed E-state index contributed by atoms with van der Waals surface area (Å²) in [4.78, 5) is 25.0. The van der Waals surface area contributed by atoms with E-state index in [1.54, 1.807) is 12.1 Å². The number of benzene rings is 2. The lowest BCUT2D eigenvalue weighted by Crippen LogP contribution is -2.49. The number of likely N-dealkylation sites (N-methyl/N-ethyl adjacent to an activating group) is 1. The highest BCUT2D eigenvalue weighted by Gasteiger charge is 2.30. The number of nitrogens with two attached hydrogens (primary N) is 1. The zero-order chi connectivity index (χ0) is 26.9. The number of anilines is 1. The van der Waals surface area contributed by atoms with Crippen LogP contribution in [0.3, 0.4) is 0 Å². The van der Waals surface area contributed by atoms with Gasteiger partial charge in [0.1, 0.15) is 29.3 Å². The highest BCUT2D eigenvalue weighted by atomic mass is 16.5. The molecule has 0 amide bonds. The Morgan fingerprint density at radius 1 is 0.897 bits per heavy atom. The molecule has 4 aromatic rings. The number of nitrogen functional groups attached to an aromatic ring is 1. The van der Waals surface area contributed by atoms with Crippen LogP contribution in [0.4, 0.5) is 5.82 Å². The van der Waals surface area contributed by atoms with Crippen LogP contribution < -0.4 is 10.5 Å². The van der Waals surface area contributed by atoms with Crippen molar-refractivity contribution in [3.63, 3.8) is 0 Å². The molecule has 3 heterocycles. The maximum Gasteiger partial charge on any atom is 0.335 e. The summed E-state index contributed by atoms with van der Waals surface area (Å²) in [5.41, 5.74) is 9.01. The zero-order valence-corrected chi connectivity index (χ0v) is 22.0. The first-order valence-corrected chi connectivity index (χ1v) is 13.5. The molecule has 1 saturated heterocycles. The maximum atomic E-state index is 11.1. The number of fused-ring (bicyclic) bond motifs is 1. The highest BCUT2D eigenvalue weighted by molar-refractivity contribution is 5.98. The van der Waals surface area contributed by atoms with E-state index in [0.717, 1.165) is 74.2 Å². The molecule has 202 valence electrons. The van der Waals surface area contributed by atoms with Gasteiger partial charge in [-0.15, -0.1) is 0 Å². The van der Waals surface area contributed by atoms with Crippen LogP contribution >= 0.6 is 0 Å². The molecule has 10 nitrogen and oxygen atoms in total. The largest absolute Gasteiger partial charge is 0.478 e. The number of rotatable bonds is 6. The van der Waals surface area contributed by atoms with E-state index in [9.17, 15) is 4.79 Å². The summed E-state index contributed by atoms with van der Waals surface area (Å²) in [7, 11) is 2.20. The molecule has 0 atom stereocenters. The van der Waals surface area contributed by atoms with Crippen molar-refractivity contribution in [3.05, 3.63) is 60.4 Å². The van der Waals surface area contributed by atoms with Crippen molar-refractivity contribution in [1.82, 2.24) is 29.5 Å². The van der Waals surface area contributed by atoms with Crippen LogP contribution in [-0.2, 0) is 0 Å². The van der Waals surface area contributed by atoms with Gasteiger partial charge in [-0.25, -0.2) is 19.4 Å². The lowest BCUT2D eigenvalue weighted by Gasteiger charge is -2.41. The van der Waals surface area contributed by atoms with Crippen molar-refractivity contribution in [2.24, 2.45) is 0 Å². The number of ether oxygens (including phenoxy) is 1. The third kappa shape index (κ3) is 5.17. The molecule has 1 saturated carbocycles. The SMILES string of the molecule is CN1CCN([C@H]2CC[C@@H](n3nc(-c4ccc(Oc5ccc(C(=O)O)cc5)cc4)c4c(N)ncnc43)CC2)CC1. The number of aromatic nitrogens is 4. The lowest BCUT2D eigenvalue weighted by atomic mass is 9.90. The molecule has 2 aromatic carbocycles. The van der Waals surface area contributed by atoms with Gasteiger partial charge in [0, 0.05) is 37.8 Å².